The van der Waals surface area contributed by atoms with Gasteiger partial charge in [0.25, 0.3) is 0 Å². The third-order valence-electron chi connectivity index (χ3n) is 5.27. The molecule has 0 saturated heterocycles. The molecule has 0 heterocycles. The van der Waals surface area contributed by atoms with E-state index in [9.17, 15) is 0 Å². The second-order valence-corrected chi connectivity index (χ2v) is 10.4. The van der Waals surface area contributed by atoms with E-state index in [0.717, 1.165) is 29.7 Å². The van der Waals surface area contributed by atoms with Gasteiger partial charge in [0.1, 0.15) is 0 Å². The summed E-state index contributed by atoms with van der Waals surface area (Å²) in [6.07, 6.45) is 8.59. The Morgan fingerprint density at radius 2 is 1.12 bits per heavy atom. The summed E-state index contributed by atoms with van der Waals surface area (Å²) in [4.78, 5) is 0. The third-order valence-corrected chi connectivity index (χ3v) is 9.07. The van der Waals surface area contributed by atoms with E-state index in [1.54, 1.807) is 0 Å². The predicted octanol–water partition coefficient (Wildman–Crippen LogP) is 5.77. The molecule has 1 unspecified atom stereocenters. The Bertz CT molecular complexity index is 303. The van der Waals surface area contributed by atoms with Crippen molar-refractivity contribution in [3.63, 3.8) is 0 Å². The Morgan fingerprint density at radius 1 is 0.654 bits per heavy atom. The predicted molar refractivity (Wildman–Crippen MR) is 114 cm³/mol. The first-order chi connectivity index (χ1) is 12.5. The van der Waals surface area contributed by atoms with Crippen molar-refractivity contribution < 1.29 is 17.4 Å². The molecule has 26 heavy (non-hydrogen) atoms. The highest BCUT2D eigenvalue weighted by Crippen LogP contribution is 2.30. The molecule has 5 heteroatoms. The van der Waals surface area contributed by atoms with Gasteiger partial charge in [-0.3, -0.25) is 0 Å². The average Bonchev–Trinajstić information content (AvgIpc) is 2.62. The molecule has 0 aromatic carbocycles. The fraction of sp³-hybridized carbons (Fsp3) is 1.00. The van der Waals surface area contributed by atoms with Crippen LogP contribution in [0.2, 0.25) is 0 Å². The smallest absolute Gasteiger partial charge is 0.325 e. The monoisotopic (exact) mass is 390 g/mol. The van der Waals surface area contributed by atoms with Gasteiger partial charge in [-0.2, -0.15) is 0 Å². The van der Waals surface area contributed by atoms with Crippen LogP contribution in [0.1, 0.15) is 93.4 Å². The summed E-state index contributed by atoms with van der Waals surface area (Å²) in [5.41, 5.74) is 0. The highest BCUT2D eigenvalue weighted by molar-refractivity contribution is 6.52. The van der Waals surface area contributed by atoms with Crippen molar-refractivity contribution in [2.75, 3.05) is 39.5 Å². The summed E-state index contributed by atoms with van der Waals surface area (Å²) >= 11 is 0. The van der Waals surface area contributed by atoms with Gasteiger partial charge >= 0.3 is 8.97 Å². The molecule has 0 aliphatic heterocycles. The average molecular weight is 391 g/mol. The van der Waals surface area contributed by atoms with Gasteiger partial charge in [-0.15, -0.1) is 0 Å². The van der Waals surface area contributed by atoms with Crippen LogP contribution < -0.4 is 0 Å². The van der Waals surface area contributed by atoms with E-state index >= 15 is 0 Å². The first kappa shape index (κ1) is 26.1. The van der Waals surface area contributed by atoms with Crippen LogP contribution in [0, 0.1) is 5.92 Å². The van der Waals surface area contributed by atoms with Crippen LogP contribution in [0.15, 0.2) is 0 Å². The zero-order valence-corrected chi connectivity index (χ0v) is 19.9. The van der Waals surface area contributed by atoms with E-state index in [2.05, 4.69) is 48.5 Å². The molecular formula is C21H48NO3Si+. The summed E-state index contributed by atoms with van der Waals surface area (Å²) in [5, 5.41) is 0. The molecule has 0 aliphatic carbocycles. The Labute approximate surface area is 165 Å². The molecule has 1 atom stereocenters. The lowest BCUT2D eigenvalue weighted by Crippen LogP contribution is -2.74. The van der Waals surface area contributed by atoms with E-state index in [4.69, 9.17) is 13.3 Å². The molecule has 0 fully saturated rings. The molecule has 4 nitrogen and oxygen atoms in total. The molecule has 0 amide bonds. The topological polar surface area (TPSA) is 27.7 Å². The van der Waals surface area contributed by atoms with E-state index < -0.39 is 8.97 Å². The molecule has 0 rings (SSSR count). The van der Waals surface area contributed by atoms with Crippen LogP contribution in [-0.2, 0) is 13.3 Å². The van der Waals surface area contributed by atoms with Crippen molar-refractivity contribution in [3.8, 4) is 0 Å². The molecule has 158 valence electrons. The second kappa shape index (κ2) is 15.0. The molecular weight excluding hydrogens is 342 g/mol. The zero-order chi connectivity index (χ0) is 19.9. The van der Waals surface area contributed by atoms with Crippen LogP contribution in [-0.4, -0.2) is 52.6 Å². The molecule has 0 aliphatic rings. The van der Waals surface area contributed by atoms with Gasteiger partial charge in [0, 0.05) is 19.8 Å². The van der Waals surface area contributed by atoms with Crippen LogP contribution in [0.3, 0.4) is 0 Å². The van der Waals surface area contributed by atoms with E-state index in [0.29, 0.717) is 19.8 Å². The third kappa shape index (κ3) is 7.97. The lowest BCUT2D eigenvalue weighted by molar-refractivity contribution is -0.861. The van der Waals surface area contributed by atoms with Crippen LogP contribution in [0.5, 0.6) is 0 Å². The highest BCUT2D eigenvalue weighted by Gasteiger charge is 2.64. The van der Waals surface area contributed by atoms with Crippen molar-refractivity contribution in [3.05, 3.63) is 0 Å². The molecule has 0 saturated carbocycles. The molecule has 0 bridgehead atoms. The van der Waals surface area contributed by atoms with Gasteiger partial charge < -0.3 is 17.4 Å². The molecule has 0 aromatic rings. The van der Waals surface area contributed by atoms with Crippen molar-refractivity contribution in [1.82, 2.24) is 0 Å². The summed E-state index contributed by atoms with van der Waals surface area (Å²) in [6.45, 7) is 20.8. The largest absolute Gasteiger partial charge is 0.784 e. The van der Waals surface area contributed by atoms with Crippen molar-refractivity contribution in [1.29, 1.82) is 0 Å². The van der Waals surface area contributed by atoms with Gasteiger partial charge in [-0.05, 0) is 46.0 Å². The number of quaternary nitrogens is 1. The number of hydrogen-bond acceptors (Lipinski definition) is 3. The Kier molecular flexibility index (Phi) is 15.1. The van der Waals surface area contributed by atoms with E-state index in [1.807, 2.05) is 0 Å². The maximum absolute atomic E-state index is 6.43. The number of unbranched alkanes of at least 4 members (excludes halogenated alkanes) is 2. The Balaban J connectivity index is 5.84. The van der Waals surface area contributed by atoms with Crippen molar-refractivity contribution in [2.45, 2.75) is 93.4 Å². The minimum Gasteiger partial charge on any atom is -0.325 e. The fourth-order valence-corrected chi connectivity index (χ4v) is 7.29. The van der Waals surface area contributed by atoms with Gasteiger partial charge in [-0.25, -0.2) is 0 Å². The molecule has 0 spiro atoms. The summed E-state index contributed by atoms with van der Waals surface area (Å²) in [6, 6.07) is 0. The highest BCUT2D eigenvalue weighted by atomic mass is 28.4. The summed E-state index contributed by atoms with van der Waals surface area (Å²) in [5.74, 6) is 0.748. The first-order valence-electron chi connectivity index (χ1n) is 11.3. The van der Waals surface area contributed by atoms with E-state index in [1.165, 1.54) is 44.9 Å². The lowest BCUT2D eigenvalue weighted by Gasteiger charge is -2.47. The maximum Gasteiger partial charge on any atom is 0.784 e. The summed E-state index contributed by atoms with van der Waals surface area (Å²) in [7, 11) is -2.80. The van der Waals surface area contributed by atoms with Crippen molar-refractivity contribution in [2.24, 2.45) is 5.92 Å². The summed E-state index contributed by atoms with van der Waals surface area (Å²) < 4.78 is 20.2. The van der Waals surface area contributed by atoms with Crippen LogP contribution >= 0.6 is 0 Å². The number of rotatable bonds is 18. The Morgan fingerprint density at radius 3 is 1.46 bits per heavy atom. The quantitative estimate of drug-likeness (QED) is 0.278. The molecule has 0 N–H and O–H groups in total. The van der Waals surface area contributed by atoms with Gasteiger partial charge in [0.05, 0.1) is 19.6 Å². The molecule has 0 aromatic heterocycles. The second-order valence-electron chi connectivity index (χ2n) is 7.53. The number of hydrogen-bond donors (Lipinski definition) is 0. The van der Waals surface area contributed by atoms with Gasteiger partial charge in [-0.1, -0.05) is 53.4 Å². The zero-order valence-electron chi connectivity index (χ0n) is 18.9. The standard InChI is InChI=1S/C21H48NO3Si/c1-8-14-18-22(19-15-9-2,20-17-21(7)16-10-3)26(23-11-4,24-12-5)25-13-6/h21H,8-20H2,1-7H3/q+1. The fourth-order valence-electron chi connectivity index (χ4n) is 3.86. The van der Waals surface area contributed by atoms with Crippen molar-refractivity contribution >= 4 is 8.97 Å². The Hall–Kier alpha value is 0.0569. The van der Waals surface area contributed by atoms with Crippen LogP contribution in [0.25, 0.3) is 0 Å². The van der Waals surface area contributed by atoms with Gasteiger partial charge in [0.15, 0.2) is 0 Å². The first-order valence-corrected chi connectivity index (χ1v) is 13.0. The minimum atomic E-state index is -2.80. The van der Waals surface area contributed by atoms with Gasteiger partial charge in [0.2, 0.25) is 0 Å². The minimum absolute atomic E-state index is 0.662. The van der Waals surface area contributed by atoms with E-state index in [-0.39, 0.29) is 0 Å². The maximum atomic E-state index is 6.43. The number of nitrogens with zero attached hydrogens (tertiary/aromatic N) is 1. The molecule has 0 radical (unpaired) electrons. The normalized spacial score (nSPS) is 14.0. The lowest BCUT2D eigenvalue weighted by atomic mass is 10.0. The van der Waals surface area contributed by atoms with Crippen LogP contribution in [0.4, 0.5) is 0 Å². The SMILES string of the molecule is CCCC[N+](CCCC)(CCC(C)CCC)[Si](OCC)(OCC)OCC.